The van der Waals surface area contributed by atoms with Crippen molar-refractivity contribution in [1.82, 2.24) is 9.97 Å². The molecule has 2 aromatic heterocycles. The summed E-state index contributed by atoms with van der Waals surface area (Å²) >= 11 is 1.69. The molecule has 21 heavy (non-hydrogen) atoms. The molecule has 2 aromatic rings. The highest BCUT2D eigenvalue weighted by Gasteiger charge is 2.17. The molecule has 0 bridgehead atoms. The van der Waals surface area contributed by atoms with Crippen molar-refractivity contribution in [3.8, 4) is 0 Å². The molecule has 1 unspecified atom stereocenters. The zero-order valence-electron chi connectivity index (χ0n) is 12.3. The van der Waals surface area contributed by atoms with E-state index in [2.05, 4.69) is 21.4 Å². The molecule has 2 N–H and O–H groups in total. The van der Waals surface area contributed by atoms with E-state index in [0.29, 0.717) is 11.5 Å². The van der Waals surface area contributed by atoms with Crippen molar-refractivity contribution in [1.29, 1.82) is 0 Å². The Kier molecular flexibility index (Phi) is 4.90. The van der Waals surface area contributed by atoms with Crippen LogP contribution in [0.5, 0.6) is 0 Å². The van der Waals surface area contributed by atoms with E-state index in [1.54, 1.807) is 17.5 Å². The lowest BCUT2D eigenvalue weighted by molar-refractivity contribution is 0.0691. The van der Waals surface area contributed by atoms with Crippen LogP contribution in [-0.2, 0) is 6.42 Å². The molecule has 0 spiro atoms. The van der Waals surface area contributed by atoms with E-state index in [0.717, 1.165) is 6.42 Å². The van der Waals surface area contributed by atoms with Gasteiger partial charge < -0.3 is 10.4 Å². The molecule has 112 valence electrons. The second kappa shape index (κ2) is 6.67. The lowest BCUT2D eigenvalue weighted by atomic mass is 10.1. The number of aromatic nitrogens is 2. The Morgan fingerprint density at radius 1 is 1.43 bits per heavy atom. The number of carbonyl (C=O) groups is 1. The third-order valence-electron chi connectivity index (χ3n) is 3.02. The van der Waals surface area contributed by atoms with E-state index < -0.39 is 5.97 Å². The number of nitrogens with one attached hydrogen (secondary N) is 1. The Morgan fingerprint density at radius 3 is 2.76 bits per heavy atom. The first kappa shape index (κ1) is 15.4. The first-order valence-corrected chi connectivity index (χ1v) is 7.74. The summed E-state index contributed by atoms with van der Waals surface area (Å²) in [6, 6.07) is 4.19. The number of hydrogen-bond donors (Lipinski definition) is 2. The number of thiophene rings is 1. The molecule has 0 saturated carbocycles. The molecule has 0 aliphatic rings. The van der Waals surface area contributed by atoms with Crippen LogP contribution >= 0.6 is 11.3 Å². The van der Waals surface area contributed by atoms with Crippen molar-refractivity contribution < 1.29 is 9.90 Å². The van der Waals surface area contributed by atoms with Crippen LogP contribution in [0.15, 0.2) is 23.7 Å². The Balaban J connectivity index is 2.16. The van der Waals surface area contributed by atoms with Gasteiger partial charge >= 0.3 is 5.97 Å². The minimum Gasteiger partial charge on any atom is -0.476 e. The van der Waals surface area contributed by atoms with E-state index in [-0.39, 0.29) is 17.7 Å². The van der Waals surface area contributed by atoms with Gasteiger partial charge in [-0.3, -0.25) is 0 Å². The summed E-state index contributed by atoms with van der Waals surface area (Å²) in [5.74, 6) is -0.394. The van der Waals surface area contributed by atoms with E-state index in [4.69, 9.17) is 0 Å². The monoisotopic (exact) mass is 305 g/mol. The summed E-state index contributed by atoms with van der Waals surface area (Å²) in [6.07, 6.45) is 2.40. The second-order valence-corrected chi connectivity index (χ2v) is 6.31. The van der Waals surface area contributed by atoms with Crippen LogP contribution in [0, 0.1) is 0 Å². The van der Waals surface area contributed by atoms with Crippen molar-refractivity contribution in [3.05, 3.63) is 40.1 Å². The largest absolute Gasteiger partial charge is 0.476 e. The fraction of sp³-hybridized carbons (Fsp3) is 0.400. The van der Waals surface area contributed by atoms with Crippen LogP contribution in [0.1, 0.15) is 47.9 Å². The van der Waals surface area contributed by atoms with Crippen molar-refractivity contribution in [3.63, 3.8) is 0 Å². The molecule has 2 heterocycles. The van der Waals surface area contributed by atoms with E-state index in [1.807, 2.05) is 32.2 Å². The Hall–Kier alpha value is -1.95. The topological polar surface area (TPSA) is 75.1 Å². The van der Waals surface area contributed by atoms with Gasteiger partial charge in [-0.2, -0.15) is 0 Å². The normalized spacial score (nSPS) is 12.4. The van der Waals surface area contributed by atoms with Gasteiger partial charge in [-0.05, 0) is 18.4 Å². The van der Waals surface area contributed by atoms with Gasteiger partial charge in [-0.1, -0.05) is 19.9 Å². The molecule has 2 rings (SSSR count). The highest BCUT2D eigenvalue weighted by atomic mass is 32.1. The SMILES string of the molecule is CC(Cc1cccs1)Nc1cnc(C(C)C)nc1C(=O)O. The lowest BCUT2D eigenvalue weighted by Gasteiger charge is -2.16. The number of nitrogens with zero attached hydrogens (tertiary/aromatic N) is 2. The third-order valence-corrected chi connectivity index (χ3v) is 3.91. The molecule has 0 aromatic carbocycles. The maximum absolute atomic E-state index is 11.4. The first-order valence-electron chi connectivity index (χ1n) is 6.86. The average Bonchev–Trinajstić information content (AvgIpc) is 2.91. The molecule has 0 radical (unpaired) electrons. The number of rotatable bonds is 6. The van der Waals surface area contributed by atoms with Crippen molar-refractivity contribution in [2.45, 2.75) is 39.2 Å². The van der Waals surface area contributed by atoms with Crippen LogP contribution in [-0.4, -0.2) is 27.1 Å². The Labute approximate surface area is 128 Å². The van der Waals surface area contributed by atoms with Crippen LogP contribution in [0.25, 0.3) is 0 Å². The summed E-state index contributed by atoms with van der Waals surface area (Å²) < 4.78 is 0. The standard InChI is InChI=1S/C15H19N3O2S/c1-9(2)14-16-8-12(13(18-14)15(19)20)17-10(3)7-11-5-4-6-21-11/h4-6,8-10,17H,7H2,1-3H3,(H,19,20). The zero-order chi connectivity index (χ0) is 15.4. The van der Waals surface area contributed by atoms with Crippen molar-refractivity contribution in [2.24, 2.45) is 0 Å². The van der Waals surface area contributed by atoms with E-state index in [9.17, 15) is 9.90 Å². The van der Waals surface area contributed by atoms with Gasteiger partial charge in [-0.15, -0.1) is 11.3 Å². The molecule has 0 amide bonds. The van der Waals surface area contributed by atoms with Gasteiger partial charge in [0.1, 0.15) is 5.82 Å². The number of hydrogen-bond acceptors (Lipinski definition) is 5. The second-order valence-electron chi connectivity index (χ2n) is 5.28. The number of aromatic carboxylic acids is 1. The number of anilines is 1. The van der Waals surface area contributed by atoms with Crippen molar-refractivity contribution >= 4 is 23.0 Å². The number of carboxylic acids is 1. The fourth-order valence-electron chi connectivity index (χ4n) is 1.99. The molecule has 1 atom stereocenters. The number of carboxylic acid groups (broad SMARTS) is 1. The maximum atomic E-state index is 11.4. The predicted octanol–water partition coefficient (Wildman–Crippen LogP) is 3.40. The molecular formula is C15H19N3O2S. The minimum atomic E-state index is -1.04. The van der Waals surface area contributed by atoms with Gasteiger partial charge in [0.05, 0.1) is 11.9 Å². The van der Waals surface area contributed by atoms with Gasteiger partial charge in [0.25, 0.3) is 0 Å². The molecule has 0 saturated heterocycles. The van der Waals surface area contributed by atoms with Gasteiger partial charge in [0.15, 0.2) is 5.69 Å². The molecule has 0 fully saturated rings. The van der Waals surface area contributed by atoms with Crippen LogP contribution in [0.4, 0.5) is 5.69 Å². The average molecular weight is 305 g/mol. The molecule has 5 nitrogen and oxygen atoms in total. The predicted molar refractivity (Wildman–Crippen MR) is 84.2 cm³/mol. The minimum absolute atomic E-state index is 0.0340. The Bertz CT molecular complexity index is 611. The quantitative estimate of drug-likeness (QED) is 0.855. The fourth-order valence-corrected chi connectivity index (χ4v) is 2.82. The smallest absolute Gasteiger partial charge is 0.356 e. The van der Waals surface area contributed by atoms with Crippen LogP contribution < -0.4 is 5.32 Å². The van der Waals surface area contributed by atoms with Gasteiger partial charge in [0.2, 0.25) is 0 Å². The summed E-state index contributed by atoms with van der Waals surface area (Å²) in [4.78, 5) is 21.0. The molecule has 6 heteroatoms. The van der Waals surface area contributed by atoms with Crippen molar-refractivity contribution in [2.75, 3.05) is 5.32 Å². The van der Waals surface area contributed by atoms with Gasteiger partial charge in [0, 0.05) is 23.3 Å². The molecule has 0 aliphatic carbocycles. The maximum Gasteiger partial charge on any atom is 0.356 e. The van der Waals surface area contributed by atoms with E-state index in [1.165, 1.54) is 4.88 Å². The molecular weight excluding hydrogens is 286 g/mol. The van der Waals surface area contributed by atoms with E-state index >= 15 is 0 Å². The highest BCUT2D eigenvalue weighted by Crippen LogP contribution is 2.19. The van der Waals surface area contributed by atoms with Gasteiger partial charge in [-0.25, -0.2) is 14.8 Å². The zero-order valence-corrected chi connectivity index (χ0v) is 13.1. The lowest BCUT2D eigenvalue weighted by Crippen LogP contribution is -2.21. The Morgan fingerprint density at radius 2 is 2.19 bits per heavy atom. The summed E-state index contributed by atoms with van der Waals surface area (Å²) in [5.41, 5.74) is 0.502. The highest BCUT2D eigenvalue weighted by molar-refractivity contribution is 7.09. The third kappa shape index (κ3) is 4.01. The first-order chi connectivity index (χ1) is 9.97. The summed E-state index contributed by atoms with van der Waals surface area (Å²) in [7, 11) is 0. The summed E-state index contributed by atoms with van der Waals surface area (Å²) in [6.45, 7) is 5.89. The molecule has 0 aliphatic heterocycles. The van der Waals surface area contributed by atoms with Crippen LogP contribution in [0.2, 0.25) is 0 Å². The summed E-state index contributed by atoms with van der Waals surface area (Å²) in [5, 5.41) is 14.5. The van der Waals surface area contributed by atoms with Crippen LogP contribution in [0.3, 0.4) is 0 Å².